The molecule has 0 aliphatic carbocycles. The first-order chi connectivity index (χ1) is 15.6. The van der Waals surface area contributed by atoms with Gasteiger partial charge in [0, 0.05) is 42.3 Å². The third-order valence-electron chi connectivity index (χ3n) is 6.79. The lowest BCUT2D eigenvalue weighted by atomic mass is 10.0. The predicted octanol–water partition coefficient (Wildman–Crippen LogP) is 3.97. The second-order valence-corrected chi connectivity index (χ2v) is 8.73. The van der Waals surface area contributed by atoms with E-state index >= 15 is 4.39 Å². The Morgan fingerprint density at radius 3 is 2.50 bits per heavy atom. The van der Waals surface area contributed by atoms with Crippen molar-refractivity contribution in [1.29, 1.82) is 0 Å². The summed E-state index contributed by atoms with van der Waals surface area (Å²) >= 11 is 0. The Kier molecular flexibility index (Phi) is 4.33. The van der Waals surface area contributed by atoms with Gasteiger partial charge in [0.2, 0.25) is 0 Å². The molecule has 6 rings (SSSR count). The number of hydrogen-bond acceptors (Lipinski definition) is 6. The van der Waals surface area contributed by atoms with Crippen molar-refractivity contribution >= 4 is 22.4 Å². The molecular formula is C25H23FN6. The summed E-state index contributed by atoms with van der Waals surface area (Å²) in [4.78, 5) is 17.6. The number of likely N-dealkylation sites (N-methyl/N-ethyl adjacent to an activating group) is 1. The molecule has 2 N–H and O–H groups in total. The molecule has 2 bridgehead atoms. The van der Waals surface area contributed by atoms with Crippen molar-refractivity contribution in [3.8, 4) is 22.4 Å². The predicted molar refractivity (Wildman–Crippen MR) is 125 cm³/mol. The van der Waals surface area contributed by atoms with Crippen LogP contribution in [-0.4, -0.2) is 52.1 Å². The van der Waals surface area contributed by atoms with Gasteiger partial charge in [-0.3, -0.25) is 4.90 Å². The number of likely N-dealkylation sites (tertiary alicyclic amines) is 1. The van der Waals surface area contributed by atoms with Gasteiger partial charge in [-0.05, 0) is 61.0 Å². The molecule has 2 saturated heterocycles. The van der Waals surface area contributed by atoms with E-state index in [1.54, 1.807) is 12.3 Å². The first-order valence-corrected chi connectivity index (χ1v) is 10.8. The molecular weight excluding hydrogens is 403 g/mol. The zero-order valence-electron chi connectivity index (χ0n) is 17.7. The maximum absolute atomic E-state index is 15.3. The van der Waals surface area contributed by atoms with Crippen LogP contribution in [-0.2, 0) is 0 Å². The Hall–Kier alpha value is -3.58. The molecule has 32 heavy (non-hydrogen) atoms. The molecule has 0 amide bonds. The van der Waals surface area contributed by atoms with Gasteiger partial charge in [0.25, 0.3) is 0 Å². The zero-order chi connectivity index (χ0) is 21.8. The summed E-state index contributed by atoms with van der Waals surface area (Å²) in [6.07, 6.45) is 4.33. The quantitative estimate of drug-likeness (QED) is 0.535. The van der Waals surface area contributed by atoms with Crippen LogP contribution in [0, 0.1) is 5.82 Å². The van der Waals surface area contributed by atoms with Crippen molar-refractivity contribution in [2.45, 2.75) is 18.5 Å². The molecule has 6 nitrogen and oxygen atoms in total. The molecule has 160 valence electrons. The summed E-state index contributed by atoms with van der Waals surface area (Å²) < 4.78 is 15.3. The van der Waals surface area contributed by atoms with Crippen molar-refractivity contribution in [2.24, 2.45) is 0 Å². The van der Waals surface area contributed by atoms with E-state index in [-0.39, 0.29) is 5.82 Å². The summed E-state index contributed by atoms with van der Waals surface area (Å²) in [5.74, 6) is 0.258. The van der Waals surface area contributed by atoms with E-state index in [9.17, 15) is 0 Å². The van der Waals surface area contributed by atoms with Crippen LogP contribution in [0.15, 0.2) is 61.1 Å². The highest BCUT2D eigenvalue weighted by Crippen LogP contribution is 2.37. The lowest BCUT2D eigenvalue weighted by Crippen LogP contribution is -2.44. The highest BCUT2D eigenvalue weighted by Gasteiger charge is 2.42. The van der Waals surface area contributed by atoms with Gasteiger partial charge in [0.05, 0.1) is 16.9 Å². The number of anilines is 2. The Morgan fingerprint density at radius 1 is 0.906 bits per heavy atom. The maximum atomic E-state index is 15.3. The van der Waals surface area contributed by atoms with Gasteiger partial charge in [0.15, 0.2) is 0 Å². The van der Waals surface area contributed by atoms with Gasteiger partial charge in [0.1, 0.15) is 18.0 Å². The molecule has 4 heterocycles. The van der Waals surface area contributed by atoms with E-state index in [2.05, 4.69) is 31.8 Å². The Bertz CT molecular complexity index is 1340. The first kappa shape index (κ1) is 19.1. The third kappa shape index (κ3) is 3.08. The number of pyridine rings is 1. The monoisotopic (exact) mass is 426 g/mol. The minimum Gasteiger partial charge on any atom is -0.384 e. The second kappa shape index (κ2) is 7.24. The summed E-state index contributed by atoms with van der Waals surface area (Å²) in [6, 6.07) is 16.1. The van der Waals surface area contributed by atoms with E-state index < -0.39 is 0 Å². The number of nitrogen functional groups attached to an aromatic ring is 1. The highest BCUT2D eigenvalue weighted by atomic mass is 19.1. The summed E-state index contributed by atoms with van der Waals surface area (Å²) in [7, 11) is 2.15. The number of nitrogens with two attached hydrogens (primary N) is 1. The Morgan fingerprint density at radius 2 is 1.75 bits per heavy atom. The summed E-state index contributed by atoms with van der Waals surface area (Å²) in [6.45, 7) is 1.87. The van der Waals surface area contributed by atoms with E-state index in [0.717, 1.165) is 47.1 Å². The molecule has 4 aromatic rings. The standard InChI is InChI=1S/C25H23FN6/c1-31-12-19-11-18(31)13-32(19)23-5-3-17(9-21(23)26)25-20-8-15(2-4-22(20)29-14-30-25)16-6-7-28-24(27)10-16/h2-10,14,18-19H,11-13H2,1H3,(H2,27,28)/t18?,19-/m0/s1. The highest BCUT2D eigenvalue weighted by molar-refractivity contribution is 5.95. The molecule has 0 saturated carbocycles. The average Bonchev–Trinajstić information content (AvgIpc) is 3.38. The number of hydrogen-bond donors (Lipinski definition) is 1. The lowest BCUT2D eigenvalue weighted by Gasteiger charge is -2.33. The molecule has 2 aromatic carbocycles. The van der Waals surface area contributed by atoms with Crippen molar-refractivity contribution in [3.63, 3.8) is 0 Å². The van der Waals surface area contributed by atoms with Crippen molar-refractivity contribution in [3.05, 3.63) is 66.9 Å². The first-order valence-electron chi connectivity index (χ1n) is 10.8. The van der Waals surface area contributed by atoms with Gasteiger partial charge in [-0.25, -0.2) is 19.3 Å². The third-order valence-corrected chi connectivity index (χ3v) is 6.79. The van der Waals surface area contributed by atoms with Gasteiger partial charge in [-0.1, -0.05) is 12.1 Å². The largest absolute Gasteiger partial charge is 0.384 e. The summed E-state index contributed by atoms with van der Waals surface area (Å²) in [5.41, 5.74) is 10.8. The molecule has 2 aromatic heterocycles. The van der Waals surface area contributed by atoms with Crippen molar-refractivity contribution in [2.75, 3.05) is 30.8 Å². The molecule has 2 aliphatic heterocycles. The number of fused-ring (bicyclic) bond motifs is 3. The number of halogens is 1. The number of rotatable bonds is 3. The Labute approximate surface area is 185 Å². The van der Waals surface area contributed by atoms with Crippen molar-refractivity contribution < 1.29 is 4.39 Å². The zero-order valence-corrected chi connectivity index (χ0v) is 17.7. The average molecular weight is 426 g/mol. The van der Waals surface area contributed by atoms with Gasteiger partial charge >= 0.3 is 0 Å². The minimum absolute atomic E-state index is 0.206. The minimum atomic E-state index is -0.206. The fourth-order valence-electron chi connectivity index (χ4n) is 5.14. The molecule has 0 radical (unpaired) electrons. The molecule has 2 fully saturated rings. The molecule has 2 atom stereocenters. The molecule has 1 unspecified atom stereocenters. The van der Waals surface area contributed by atoms with Gasteiger partial charge in [-0.2, -0.15) is 0 Å². The smallest absolute Gasteiger partial charge is 0.147 e. The van der Waals surface area contributed by atoms with Crippen LogP contribution in [0.2, 0.25) is 0 Å². The van der Waals surface area contributed by atoms with Crippen LogP contribution < -0.4 is 10.6 Å². The number of piperazine rings is 1. The number of aromatic nitrogens is 3. The molecule has 0 spiro atoms. The SMILES string of the molecule is CN1C[C@@H]2CC1CN2c1ccc(-c2ncnc3ccc(-c4ccnc(N)c4)cc23)cc1F. The van der Waals surface area contributed by atoms with Crippen LogP contribution in [0.25, 0.3) is 33.3 Å². The van der Waals surface area contributed by atoms with Crippen LogP contribution >= 0.6 is 0 Å². The van der Waals surface area contributed by atoms with E-state index in [4.69, 9.17) is 5.73 Å². The van der Waals surface area contributed by atoms with Crippen LogP contribution in [0.3, 0.4) is 0 Å². The lowest BCUT2D eigenvalue weighted by molar-refractivity contribution is 0.292. The number of benzene rings is 2. The van der Waals surface area contributed by atoms with E-state index in [1.165, 1.54) is 6.33 Å². The van der Waals surface area contributed by atoms with Crippen LogP contribution in [0.5, 0.6) is 0 Å². The second-order valence-electron chi connectivity index (χ2n) is 8.73. The Balaban J connectivity index is 1.40. The van der Waals surface area contributed by atoms with Gasteiger partial charge in [-0.15, -0.1) is 0 Å². The molecule has 2 aliphatic rings. The van der Waals surface area contributed by atoms with Crippen molar-refractivity contribution in [1.82, 2.24) is 19.9 Å². The normalized spacial score (nSPS) is 20.4. The number of nitrogens with zero attached hydrogens (tertiary/aromatic N) is 5. The topological polar surface area (TPSA) is 71.2 Å². The van der Waals surface area contributed by atoms with Crippen LogP contribution in [0.1, 0.15) is 6.42 Å². The van der Waals surface area contributed by atoms with Gasteiger partial charge < -0.3 is 10.6 Å². The fraction of sp³-hybridized carbons (Fsp3) is 0.240. The maximum Gasteiger partial charge on any atom is 0.147 e. The molecule has 7 heteroatoms. The van der Waals surface area contributed by atoms with E-state index in [0.29, 0.717) is 29.3 Å². The van der Waals surface area contributed by atoms with Crippen LogP contribution in [0.4, 0.5) is 15.9 Å². The summed E-state index contributed by atoms with van der Waals surface area (Å²) in [5, 5.41) is 0.870. The fourth-order valence-corrected chi connectivity index (χ4v) is 5.14. The van der Waals surface area contributed by atoms with E-state index in [1.807, 2.05) is 42.5 Å².